The molecular weight excluding hydrogens is 234 g/mol. The summed E-state index contributed by atoms with van der Waals surface area (Å²) >= 11 is 3.36. The first-order valence-corrected chi connectivity index (χ1v) is 4.75. The van der Waals surface area contributed by atoms with E-state index in [1.807, 2.05) is 13.0 Å². The molecule has 4 heteroatoms. The number of phenolic OH excluding ortho intramolecular Hbond substituents is 1. The van der Waals surface area contributed by atoms with Crippen LogP contribution in [0.15, 0.2) is 22.7 Å². The van der Waals surface area contributed by atoms with Crippen molar-refractivity contribution in [2.24, 2.45) is 5.90 Å². The lowest BCUT2D eigenvalue weighted by molar-refractivity contribution is 0.126. The second-order valence-corrected chi connectivity index (χ2v) is 3.76. The lowest BCUT2D eigenvalue weighted by Gasteiger charge is -2.13. The first kappa shape index (κ1) is 10.5. The molecular formula is C9H12BrNO2. The average molecular weight is 246 g/mol. The molecule has 0 saturated carbocycles. The summed E-state index contributed by atoms with van der Waals surface area (Å²) in [6.07, 6.45) is 0. The van der Waals surface area contributed by atoms with Gasteiger partial charge in [-0.05, 0) is 12.1 Å². The standard InChI is InChI=1S/C9H12BrNO2/c1-6(5-13-11)9-7(10)3-2-4-8(9)12/h2-4,6,12H,5,11H2,1H3. The van der Waals surface area contributed by atoms with Gasteiger partial charge in [-0.1, -0.05) is 28.9 Å². The van der Waals surface area contributed by atoms with Crippen molar-refractivity contribution in [3.05, 3.63) is 28.2 Å². The first-order chi connectivity index (χ1) is 6.16. The minimum Gasteiger partial charge on any atom is -0.508 e. The molecule has 3 N–H and O–H groups in total. The van der Waals surface area contributed by atoms with Crippen molar-refractivity contribution in [1.29, 1.82) is 0 Å². The van der Waals surface area contributed by atoms with Gasteiger partial charge >= 0.3 is 0 Å². The number of phenols is 1. The SMILES string of the molecule is CC(CON)c1c(O)cccc1Br. The van der Waals surface area contributed by atoms with Gasteiger partial charge in [-0.15, -0.1) is 0 Å². The number of aromatic hydroxyl groups is 1. The van der Waals surface area contributed by atoms with Crippen LogP contribution in [0.4, 0.5) is 0 Å². The predicted molar refractivity (Wildman–Crippen MR) is 54.4 cm³/mol. The molecule has 0 amide bonds. The highest BCUT2D eigenvalue weighted by Crippen LogP contribution is 2.32. The van der Waals surface area contributed by atoms with Crippen LogP contribution in [0.3, 0.4) is 0 Å². The Kier molecular flexibility index (Phi) is 3.71. The van der Waals surface area contributed by atoms with Crippen LogP contribution in [-0.4, -0.2) is 11.7 Å². The largest absolute Gasteiger partial charge is 0.508 e. The number of hydrogen-bond donors (Lipinski definition) is 2. The van der Waals surface area contributed by atoms with E-state index in [2.05, 4.69) is 20.8 Å². The smallest absolute Gasteiger partial charge is 0.120 e. The molecule has 0 fully saturated rings. The molecule has 1 rings (SSSR count). The van der Waals surface area contributed by atoms with Gasteiger partial charge in [0.15, 0.2) is 0 Å². The lowest BCUT2D eigenvalue weighted by atomic mass is 10.0. The Morgan fingerprint density at radius 2 is 2.31 bits per heavy atom. The fourth-order valence-electron chi connectivity index (χ4n) is 1.24. The van der Waals surface area contributed by atoms with Gasteiger partial charge in [-0.2, -0.15) is 0 Å². The van der Waals surface area contributed by atoms with Crippen LogP contribution in [0.1, 0.15) is 18.4 Å². The van der Waals surface area contributed by atoms with Gasteiger partial charge in [-0.3, -0.25) is 0 Å². The summed E-state index contributed by atoms with van der Waals surface area (Å²) in [7, 11) is 0. The van der Waals surface area contributed by atoms with Gasteiger partial charge in [0.2, 0.25) is 0 Å². The van der Waals surface area contributed by atoms with E-state index in [9.17, 15) is 5.11 Å². The van der Waals surface area contributed by atoms with Crippen molar-refractivity contribution in [1.82, 2.24) is 0 Å². The Morgan fingerprint density at radius 1 is 1.62 bits per heavy atom. The second kappa shape index (κ2) is 4.60. The number of rotatable bonds is 3. The molecule has 0 aromatic heterocycles. The third-order valence-electron chi connectivity index (χ3n) is 1.87. The Morgan fingerprint density at radius 3 is 2.85 bits per heavy atom. The van der Waals surface area contributed by atoms with Gasteiger partial charge in [0, 0.05) is 16.0 Å². The Labute approximate surface area is 85.6 Å². The van der Waals surface area contributed by atoms with Crippen molar-refractivity contribution in [2.75, 3.05) is 6.61 Å². The van der Waals surface area contributed by atoms with Crippen LogP contribution in [0.2, 0.25) is 0 Å². The fraction of sp³-hybridized carbons (Fsp3) is 0.333. The molecule has 72 valence electrons. The van der Waals surface area contributed by atoms with Crippen molar-refractivity contribution in [3.63, 3.8) is 0 Å². The maximum atomic E-state index is 9.56. The topological polar surface area (TPSA) is 55.5 Å². The third-order valence-corrected chi connectivity index (χ3v) is 2.56. The summed E-state index contributed by atoms with van der Waals surface area (Å²) in [5.74, 6) is 5.30. The third kappa shape index (κ3) is 2.43. The summed E-state index contributed by atoms with van der Waals surface area (Å²) in [4.78, 5) is 4.54. The minimum absolute atomic E-state index is 0.0700. The summed E-state index contributed by atoms with van der Waals surface area (Å²) in [5.41, 5.74) is 0.827. The van der Waals surface area contributed by atoms with Gasteiger partial charge < -0.3 is 9.94 Å². The molecule has 0 aliphatic rings. The van der Waals surface area contributed by atoms with E-state index in [4.69, 9.17) is 5.90 Å². The van der Waals surface area contributed by atoms with Crippen molar-refractivity contribution < 1.29 is 9.94 Å². The molecule has 1 unspecified atom stereocenters. The van der Waals surface area contributed by atoms with Crippen LogP contribution in [-0.2, 0) is 4.84 Å². The van der Waals surface area contributed by atoms with Crippen LogP contribution in [0, 0.1) is 0 Å². The molecule has 0 heterocycles. The molecule has 1 atom stereocenters. The van der Waals surface area contributed by atoms with Crippen molar-refractivity contribution in [2.45, 2.75) is 12.8 Å². The highest BCUT2D eigenvalue weighted by Gasteiger charge is 2.13. The molecule has 0 saturated heterocycles. The predicted octanol–water partition coefficient (Wildman–Crippen LogP) is 2.15. The first-order valence-electron chi connectivity index (χ1n) is 3.96. The Bertz CT molecular complexity index is 271. The van der Waals surface area contributed by atoms with Crippen LogP contribution in [0.25, 0.3) is 0 Å². The second-order valence-electron chi connectivity index (χ2n) is 2.91. The molecule has 1 aromatic carbocycles. The van der Waals surface area contributed by atoms with Crippen LogP contribution < -0.4 is 5.90 Å². The van der Waals surface area contributed by atoms with Gasteiger partial charge in [0.05, 0.1) is 6.61 Å². The molecule has 0 bridgehead atoms. The van der Waals surface area contributed by atoms with E-state index in [1.165, 1.54) is 0 Å². The van der Waals surface area contributed by atoms with Crippen LogP contribution >= 0.6 is 15.9 Å². The number of benzene rings is 1. The summed E-state index contributed by atoms with van der Waals surface area (Å²) in [6, 6.07) is 5.30. The quantitative estimate of drug-likeness (QED) is 0.803. The lowest BCUT2D eigenvalue weighted by Crippen LogP contribution is -2.09. The van der Waals surface area contributed by atoms with E-state index >= 15 is 0 Å². The molecule has 0 aliphatic heterocycles. The summed E-state index contributed by atoms with van der Waals surface area (Å²) in [6.45, 7) is 2.32. The maximum Gasteiger partial charge on any atom is 0.120 e. The zero-order valence-corrected chi connectivity index (χ0v) is 8.91. The number of nitrogens with two attached hydrogens (primary N) is 1. The van der Waals surface area contributed by atoms with E-state index < -0.39 is 0 Å². The zero-order chi connectivity index (χ0) is 9.84. The average Bonchev–Trinajstić information content (AvgIpc) is 2.04. The van der Waals surface area contributed by atoms with E-state index in [-0.39, 0.29) is 11.7 Å². The zero-order valence-electron chi connectivity index (χ0n) is 7.33. The number of hydrogen-bond acceptors (Lipinski definition) is 3. The molecule has 0 aliphatic carbocycles. The summed E-state index contributed by atoms with van der Waals surface area (Å²) < 4.78 is 0.872. The van der Waals surface area contributed by atoms with Crippen molar-refractivity contribution >= 4 is 15.9 Å². The van der Waals surface area contributed by atoms with Gasteiger partial charge in [0.25, 0.3) is 0 Å². The fourth-order valence-corrected chi connectivity index (χ4v) is 1.99. The van der Waals surface area contributed by atoms with E-state index in [0.29, 0.717) is 6.61 Å². The number of halogens is 1. The Hall–Kier alpha value is -0.580. The van der Waals surface area contributed by atoms with E-state index in [0.717, 1.165) is 10.0 Å². The van der Waals surface area contributed by atoms with Crippen molar-refractivity contribution in [3.8, 4) is 5.75 Å². The van der Waals surface area contributed by atoms with Gasteiger partial charge in [0.1, 0.15) is 5.75 Å². The normalized spacial score (nSPS) is 12.8. The molecule has 3 nitrogen and oxygen atoms in total. The molecule has 1 aromatic rings. The molecule has 0 spiro atoms. The highest BCUT2D eigenvalue weighted by molar-refractivity contribution is 9.10. The van der Waals surface area contributed by atoms with Crippen LogP contribution in [0.5, 0.6) is 5.75 Å². The summed E-state index contributed by atoms with van der Waals surface area (Å²) in [5, 5.41) is 9.56. The monoisotopic (exact) mass is 245 g/mol. The van der Waals surface area contributed by atoms with E-state index in [1.54, 1.807) is 12.1 Å². The minimum atomic E-state index is 0.0700. The molecule has 13 heavy (non-hydrogen) atoms. The highest BCUT2D eigenvalue weighted by atomic mass is 79.9. The van der Waals surface area contributed by atoms with Gasteiger partial charge in [-0.25, -0.2) is 5.90 Å². The Balaban J connectivity index is 2.98. The molecule has 0 radical (unpaired) electrons. The maximum absolute atomic E-state index is 9.56.